The van der Waals surface area contributed by atoms with Crippen LogP contribution in [0.25, 0.3) is 43.1 Å². The predicted molar refractivity (Wildman–Crippen MR) is 446 cm³/mol. The first kappa shape index (κ1) is 114. The quantitative estimate of drug-likeness (QED) is 0.0615. The van der Waals surface area contributed by atoms with Crippen LogP contribution in [0.4, 0.5) is 0 Å². The number of nitrogens with zero attached hydrogens (tertiary/aromatic N) is 16. The largest absolute Gasteiger partial charge is 2.00 e. The van der Waals surface area contributed by atoms with Crippen molar-refractivity contribution in [3.05, 3.63) is 413 Å². The molecule has 0 saturated heterocycles. The summed E-state index contributed by atoms with van der Waals surface area (Å²) >= 11 is 0. The molecule has 0 unspecified atom stereocenters. The van der Waals surface area contributed by atoms with Gasteiger partial charge in [0.05, 0.1) is 0 Å². The van der Waals surface area contributed by atoms with Crippen LogP contribution in [0.5, 0.6) is 23.0 Å². The summed E-state index contributed by atoms with van der Waals surface area (Å²) in [7, 11) is 0. The van der Waals surface area contributed by atoms with Gasteiger partial charge < -0.3 is 61.3 Å². The maximum Gasteiger partial charge on any atom is 2.00 e. The predicted octanol–water partition coefficient (Wildman–Crippen LogP) is 7.49. The number of hydrogen-bond acceptors (Lipinski definition) is 28. The van der Waals surface area contributed by atoms with Crippen LogP contribution in [-0.2, 0) is 102 Å². The molecule has 662 valence electrons. The van der Waals surface area contributed by atoms with Gasteiger partial charge in [0.1, 0.15) is 0 Å². The molecule has 0 amide bonds. The van der Waals surface area contributed by atoms with Gasteiger partial charge >= 0.3 is 102 Å². The minimum atomic E-state index is -0.805. The third-order valence-corrected chi connectivity index (χ3v) is 14.1. The smallest absolute Gasteiger partial charge is 0.872 e. The average Bonchev–Trinajstić information content (AvgIpc) is 0.825. The molecule has 16 aromatic rings. The topological polar surface area (TPSA) is 479 Å². The van der Waals surface area contributed by atoms with Crippen LogP contribution < -0.4 is 61.3 Å². The fourth-order valence-electron chi connectivity index (χ4n) is 8.83. The number of hydrogen-bond donors (Lipinski definition) is 0. The normalized spacial score (nSPS) is 10.4. The van der Waals surface area contributed by atoms with E-state index in [1.54, 1.807) is 220 Å². The van der Waals surface area contributed by atoms with Gasteiger partial charge in [0.2, 0.25) is 0 Å². The Bertz CT molecular complexity index is 4730. The van der Waals surface area contributed by atoms with Crippen molar-refractivity contribution in [2.75, 3.05) is 0 Å². The third kappa shape index (κ3) is 47.5. The average molecular weight is 1980 g/mol. The molecule has 8 aromatic heterocycles. The fraction of sp³-hybridized carbons (Fsp3) is 0.0435. The van der Waals surface area contributed by atoms with Gasteiger partial charge in [-0.15, -0.1) is 0 Å². The Morgan fingerprint density at radius 1 is 0.175 bits per heavy atom. The van der Waals surface area contributed by atoms with E-state index in [1.807, 2.05) is 146 Å². The Morgan fingerprint density at radius 2 is 0.310 bits per heavy atom. The maximum atomic E-state index is 12.0. The SMILES string of the molecule is C/C([O-])=N/N=C(\[O-])c1ccc2ccccc2c1[O-].C/C([O-])=N/N=C(\[O-])c1ccc2ccccc2c1[O-].C/C([O-])=N/N=C(\[O-])c1ccc2ccccc2c1[O-].C/C([O-])=N/N=C(\[O-])c1ccc2ccccc2c1[O-].[Cu+2].[Cu+2].[Cu+2].[Cu+2].[Cu+2].[Cu+2].c1ccncc1.c1ccncc1.c1ccncc1.c1ccncc1.c1ccncc1.c1ccncc1.c1ccncc1.c1ccncc1. The first-order valence-corrected chi connectivity index (χ1v) is 35.8. The summed E-state index contributed by atoms with van der Waals surface area (Å²) in [6.45, 7) is 4.70. The van der Waals surface area contributed by atoms with Crippen molar-refractivity contribution in [1.82, 2.24) is 39.9 Å². The molecule has 8 heterocycles. The van der Waals surface area contributed by atoms with E-state index in [4.69, 9.17) is 0 Å². The number of fused-ring (bicyclic) bond motifs is 4. The minimum Gasteiger partial charge on any atom is -0.872 e. The van der Waals surface area contributed by atoms with Gasteiger partial charge in [-0.25, -0.2) is 0 Å². The molecule has 6 radical (unpaired) electrons. The van der Waals surface area contributed by atoms with Crippen molar-refractivity contribution in [2.45, 2.75) is 27.7 Å². The molecule has 0 fully saturated rings. The molecule has 0 spiro atoms. The molecule has 0 aliphatic carbocycles. The van der Waals surface area contributed by atoms with Gasteiger partial charge in [-0.3, -0.25) is 39.9 Å². The second kappa shape index (κ2) is 70.6. The Labute approximate surface area is 791 Å². The first-order valence-electron chi connectivity index (χ1n) is 35.8. The molecule has 0 aliphatic rings. The van der Waals surface area contributed by atoms with E-state index in [0.29, 0.717) is 21.5 Å². The standard InChI is InChI=1S/4C13H12N2O3.8C5H5N.6Cu/c4*1-8(16)14-15-13(18)11-7-6-9-4-2-3-5-10(9)12(11)17;8*1-2-4-6-5-3-1;;;;;;/h4*2-7,17H,1H3,(H,14,16)(H,15,18);8*1-5H;;;;;;/q;;;;;;;;;;;;6*+2/p-12. The Balaban J connectivity index is 0. The molecule has 0 N–H and O–H groups in total. The van der Waals surface area contributed by atoms with Crippen LogP contribution in [0.3, 0.4) is 0 Å². The summed E-state index contributed by atoms with van der Waals surface area (Å²) in [5.74, 6) is -7.17. The zero-order chi connectivity index (χ0) is 86.4. The Kier molecular flexibility index (Phi) is 63.9. The van der Waals surface area contributed by atoms with Crippen molar-refractivity contribution in [2.24, 2.45) is 40.8 Å². The van der Waals surface area contributed by atoms with Crippen LogP contribution >= 0.6 is 0 Å². The van der Waals surface area contributed by atoms with Gasteiger partial charge in [-0.1, -0.05) is 217 Å². The Morgan fingerprint density at radius 3 is 0.421 bits per heavy atom. The molecule has 8 aromatic carbocycles. The monoisotopic (exact) mass is 1970 g/mol. The summed E-state index contributed by atoms with van der Waals surface area (Å²) in [5, 5.41) is 167. The van der Waals surface area contributed by atoms with Crippen LogP contribution in [0, 0.1) is 0 Å². The zero-order valence-corrected chi connectivity index (χ0v) is 72.5. The zero-order valence-electron chi connectivity index (χ0n) is 66.8. The van der Waals surface area contributed by atoms with E-state index in [0.717, 1.165) is 21.5 Å². The number of aromatic nitrogens is 8. The van der Waals surface area contributed by atoms with Gasteiger partial charge in [0, 0.05) is 123 Å². The van der Waals surface area contributed by atoms with E-state index in [-0.39, 0.29) is 125 Å². The Hall–Kier alpha value is -13.9. The van der Waals surface area contributed by atoms with Crippen LogP contribution in [0.1, 0.15) is 49.9 Å². The molecule has 0 aliphatic heterocycles. The summed E-state index contributed by atoms with van der Waals surface area (Å²) in [6, 6.07) is 85.7. The maximum absolute atomic E-state index is 12.0. The van der Waals surface area contributed by atoms with Crippen molar-refractivity contribution in [3.8, 4) is 23.0 Å². The van der Waals surface area contributed by atoms with E-state index < -0.39 is 70.2 Å². The molecule has 0 atom stereocenters. The van der Waals surface area contributed by atoms with E-state index in [1.165, 1.54) is 52.0 Å². The third-order valence-electron chi connectivity index (χ3n) is 14.1. The summed E-state index contributed by atoms with van der Waals surface area (Å²) in [4.78, 5) is 30.3. The summed E-state index contributed by atoms with van der Waals surface area (Å²) in [6.07, 6.45) is 28.0. The second-order valence-corrected chi connectivity index (χ2v) is 22.9. The van der Waals surface area contributed by atoms with Crippen LogP contribution in [0.15, 0.2) is 431 Å². The molecule has 0 saturated carbocycles. The summed E-state index contributed by atoms with van der Waals surface area (Å²) < 4.78 is 0. The van der Waals surface area contributed by atoms with E-state index >= 15 is 0 Å². The van der Waals surface area contributed by atoms with E-state index in [2.05, 4.69) is 80.7 Å². The van der Waals surface area contributed by atoms with Gasteiger partial charge in [-0.05, 0) is 214 Å². The van der Waals surface area contributed by atoms with Gasteiger partial charge in [0.15, 0.2) is 0 Å². The van der Waals surface area contributed by atoms with Crippen molar-refractivity contribution in [1.29, 1.82) is 0 Å². The molecule has 126 heavy (non-hydrogen) atoms. The first-order chi connectivity index (χ1) is 58.4. The number of pyridine rings is 8. The number of benzene rings is 8. The molecule has 16 rings (SSSR count). The van der Waals surface area contributed by atoms with Gasteiger partial charge in [-0.2, -0.15) is 40.8 Å². The molecule has 0 bridgehead atoms. The minimum absolute atomic E-state index is 0. The van der Waals surface area contributed by atoms with Crippen molar-refractivity contribution >= 4 is 90.3 Å². The molecule has 28 nitrogen and oxygen atoms in total. The molecular weight excluding hydrogens is 1900 g/mol. The summed E-state index contributed by atoms with van der Waals surface area (Å²) in [5.41, 5.74) is -0.338. The molecular formula is C92H76Cu6N16O12. The van der Waals surface area contributed by atoms with Crippen LogP contribution in [-0.4, -0.2) is 87.1 Å². The van der Waals surface area contributed by atoms with Crippen molar-refractivity contribution < 1.29 is 164 Å². The second-order valence-electron chi connectivity index (χ2n) is 22.9. The fourth-order valence-corrected chi connectivity index (χ4v) is 8.83. The van der Waals surface area contributed by atoms with Gasteiger partial charge in [0.25, 0.3) is 0 Å². The van der Waals surface area contributed by atoms with E-state index in [9.17, 15) is 61.3 Å². The van der Waals surface area contributed by atoms with Crippen molar-refractivity contribution in [3.63, 3.8) is 0 Å². The molecule has 34 heteroatoms. The number of rotatable bonds is 8. The van der Waals surface area contributed by atoms with Crippen LogP contribution in [0.2, 0.25) is 0 Å².